The summed E-state index contributed by atoms with van der Waals surface area (Å²) in [6.45, 7) is 2.74. The van der Waals surface area contributed by atoms with E-state index in [2.05, 4.69) is 10.3 Å². The molecule has 2 rings (SSSR count). The normalized spacial score (nSPS) is 10.6. The number of aromatic nitrogens is 1. The number of pyridine rings is 1. The van der Waals surface area contributed by atoms with Gasteiger partial charge < -0.3 is 14.8 Å². The van der Waals surface area contributed by atoms with E-state index in [4.69, 9.17) is 21.1 Å². The zero-order valence-corrected chi connectivity index (χ0v) is 14.3. The van der Waals surface area contributed by atoms with Gasteiger partial charge in [0.2, 0.25) is 5.91 Å². The molecule has 0 spiro atoms. The fourth-order valence-electron chi connectivity index (χ4n) is 2.06. The van der Waals surface area contributed by atoms with Crippen LogP contribution in [0, 0.1) is 0 Å². The molecule has 24 heavy (non-hydrogen) atoms. The van der Waals surface area contributed by atoms with Crippen LogP contribution >= 0.6 is 11.6 Å². The molecule has 0 aliphatic carbocycles. The van der Waals surface area contributed by atoms with Gasteiger partial charge in [-0.15, -0.1) is 0 Å². The van der Waals surface area contributed by atoms with Crippen molar-refractivity contribution >= 4 is 23.6 Å². The highest BCUT2D eigenvalue weighted by atomic mass is 35.5. The van der Waals surface area contributed by atoms with Crippen LogP contribution in [-0.4, -0.2) is 24.6 Å². The zero-order chi connectivity index (χ0) is 17.4. The number of carbonyl (C=O) groups is 1. The molecule has 0 atom stereocenters. The van der Waals surface area contributed by atoms with Crippen LogP contribution in [0.15, 0.2) is 42.6 Å². The summed E-state index contributed by atoms with van der Waals surface area (Å²) < 4.78 is 10.7. The predicted molar refractivity (Wildman–Crippen MR) is 94.3 cm³/mol. The molecule has 1 N–H and O–H groups in total. The molecular weight excluding hydrogens is 328 g/mol. The standard InChI is InChI=1S/C18H19ClN2O3/c1-3-24-16-11-13(10-15(19)18(16)23-2)7-8-17(22)21-12-14-6-4-5-9-20-14/h4-11H,3,12H2,1-2H3,(H,21,22)/b8-7+. The van der Waals surface area contributed by atoms with Crippen LogP contribution in [0.2, 0.25) is 5.02 Å². The zero-order valence-electron chi connectivity index (χ0n) is 13.6. The number of hydrogen-bond acceptors (Lipinski definition) is 4. The van der Waals surface area contributed by atoms with Gasteiger partial charge in [-0.1, -0.05) is 17.7 Å². The second-order valence-electron chi connectivity index (χ2n) is 4.84. The second-order valence-corrected chi connectivity index (χ2v) is 5.25. The molecule has 1 heterocycles. The molecule has 0 unspecified atom stereocenters. The summed E-state index contributed by atoms with van der Waals surface area (Å²) in [4.78, 5) is 16.0. The minimum Gasteiger partial charge on any atom is -0.491 e. The Morgan fingerprint density at radius 2 is 2.21 bits per heavy atom. The Labute approximate surface area is 146 Å². The number of nitrogens with zero attached hydrogens (tertiary/aromatic N) is 1. The maximum atomic E-state index is 11.9. The van der Waals surface area contributed by atoms with Gasteiger partial charge in [-0.05, 0) is 42.8 Å². The van der Waals surface area contributed by atoms with Crippen LogP contribution < -0.4 is 14.8 Å². The van der Waals surface area contributed by atoms with Crippen molar-refractivity contribution in [1.29, 1.82) is 0 Å². The van der Waals surface area contributed by atoms with Crippen molar-refractivity contribution in [1.82, 2.24) is 10.3 Å². The SMILES string of the molecule is CCOc1cc(/C=C/C(=O)NCc2ccccn2)cc(Cl)c1OC. The molecule has 1 aromatic carbocycles. The summed E-state index contributed by atoms with van der Waals surface area (Å²) in [5, 5.41) is 3.20. The van der Waals surface area contributed by atoms with Gasteiger partial charge in [0.25, 0.3) is 0 Å². The molecule has 0 radical (unpaired) electrons. The van der Waals surface area contributed by atoms with Crippen LogP contribution in [0.1, 0.15) is 18.2 Å². The monoisotopic (exact) mass is 346 g/mol. The number of amides is 1. The summed E-state index contributed by atoms with van der Waals surface area (Å²) in [6, 6.07) is 9.04. The molecule has 0 bridgehead atoms. The number of benzene rings is 1. The van der Waals surface area contributed by atoms with E-state index < -0.39 is 0 Å². The quantitative estimate of drug-likeness (QED) is 0.780. The van der Waals surface area contributed by atoms with Crippen LogP contribution in [0.5, 0.6) is 11.5 Å². The van der Waals surface area contributed by atoms with Crippen LogP contribution in [0.4, 0.5) is 0 Å². The minimum absolute atomic E-state index is 0.217. The number of hydrogen-bond donors (Lipinski definition) is 1. The number of rotatable bonds is 7. The maximum Gasteiger partial charge on any atom is 0.244 e. The molecule has 0 aliphatic heterocycles. The van der Waals surface area contributed by atoms with E-state index in [1.165, 1.54) is 13.2 Å². The first-order valence-corrected chi connectivity index (χ1v) is 7.88. The number of methoxy groups -OCH3 is 1. The van der Waals surface area contributed by atoms with E-state index in [0.717, 1.165) is 11.3 Å². The molecule has 0 aliphatic rings. The summed E-state index contributed by atoms with van der Waals surface area (Å²) in [7, 11) is 1.53. The van der Waals surface area contributed by atoms with Crippen molar-refractivity contribution in [3.8, 4) is 11.5 Å². The number of carbonyl (C=O) groups excluding carboxylic acids is 1. The van der Waals surface area contributed by atoms with Gasteiger partial charge in [0, 0.05) is 12.3 Å². The molecule has 0 fully saturated rings. The molecule has 6 heteroatoms. The van der Waals surface area contributed by atoms with Gasteiger partial charge >= 0.3 is 0 Å². The second kappa shape index (κ2) is 8.93. The minimum atomic E-state index is -0.217. The van der Waals surface area contributed by atoms with E-state index >= 15 is 0 Å². The average molecular weight is 347 g/mol. The van der Waals surface area contributed by atoms with Gasteiger partial charge in [0.15, 0.2) is 11.5 Å². The first-order valence-electron chi connectivity index (χ1n) is 7.50. The Morgan fingerprint density at radius 1 is 1.38 bits per heavy atom. The summed E-state index contributed by atoms with van der Waals surface area (Å²) in [5.74, 6) is 0.807. The van der Waals surface area contributed by atoms with E-state index in [-0.39, 0.29) is 5.91 Å². The fourth-order valence-corrected chi connectivity index (χ4v) is 2.35. The lowest BCUT2D eigenvalue weighted by Gasteiger charge is -2.11. The maximum absolute atomic E-state index is 11.9. The van der Waals surface area contributed by atoms with Crippen LogP contribution in [0.3, 0.4) is 0 Å². The molecule has 0 saturated carbocycles. The average Bonchev–Trinajstić information content (AvgIpc) is 2.59. The Bertz CT molecular complexity index is 718. The topological polar surface area (TPSA) is 60.5 Å². The first-order chi connectivity index (χ1) is 11.6. The molecule has 126 valence electrons. The Balaban J connectivity index is 2.03. The van der Waals surface area contributed by atoms with Crippen molar-refractivity contribution in [2.75, 3.05) is 13.7 Å². The lowest BCUT2D eigenvalue weighted by molar-refractivity contribution is -0.116. The highest BCUT2D eigenvalue weighted by Crippen LogP contribution is 2.36. The molecule has 0 saturated heterocycles. The fraction of sp³-hybridized carbons (Fsp3) is 0.222. The summed E-state index contributed by atoms with van der Waals surface area (Å²) in [6.07, 6.45) is 4.80. The Kier molecular flexibility index (Phi) is 6.63. The molecular formula is C18H19ClN2O3. The number of ether oxygens (including phenoxy) is 2. The van der Waals surface area contributed by atoms with E-state index in [9.17, 15) is 4.79 Å². The summed E-state index contributed by atoms with van der Waals surface area (Å²) in [5.41, 5.74) is 1.54. The molecule has 5 nitrogen and oxygen atoms in total. The predicted octanol–water partition coefficient (Wildman–Crippen LogP) is 3.47. The van der Waals surface area contributed by atoms with Crippen molar-refractivity contribution in [2.45, 2.75) is 13.5 Å². The smallest absolute Gasteiger partial charge is 0.244 e. The molecule has 1 aromatic heterocycles. The van der Waals surface area contributed by atoms with E-state index in [1.54, 1.807) is 24.4 Å². The van der Waals surface area contributed by atoms with Gasteiger partial charge in [0.1, 0.15) is 0 Å². The third kappa shape index (κ3) is 4.99. The van der Waals surface area contributed by atoms with Gasteiger partial charge in [-0.3, -0.25) is 9.78 Å². The lowest BCUT2D eigenvalue weighted by atomic mass is 10.2. The molecule has 1 amide bonds. The Morgan fingerprint density at radius 3 is 2.88 bits per heavy atom. The van der Waals surface area contributed by atoms with Gasteiger partial charge in [0.05, 0.1) is 31.0 Å². The third-order valence-corrected chi connectivity index (χ3v) is 3.41. The number of halogens is 1. The van der Waals surface area contributed by atoms with E-state index in [1.807, 2.05) is 25.1 Å². The van der Waals surface area contributed by atoms with Crippen LogP contribution in [-0.2, 0) is 11.3 Å². The number of nitrogens with one attached hydrogen (secondary N) is 1. The van der Waals surface area contributed by atoms with E-state index in [0.29, 0.717) is 29.7 Å². The van der Waals surface area contributed by atoms with Gasteiger partial charge in [-0.2, -0.15) is 0 Å². The Hall–Kier alpha value is -2.53. The largest absolute Gasteiger partial charge is 0.491 e. The third-order valence-electron chi connectivity index (χ3n) is 3.13. The lowest BCUT2D eigenvalue weighted by Crippen LogP contribution is -2.20. The van der Waals surface area contributed by atoms with Crippen LogP contribution in [0.25, 0.3) is 6.08 Å². The van der Waals surface area contributed by atoms with Crippen molar-refractivity contribution in [3.05, 3.63) is 58.9 Å². The highest BCUT2D eigenvalue weighted by molar-refractivity contribution is 6.32. The first kappa shape index (κ1) is 17.8. The van der Waals surface area contributed by atoms with Crippen molar-refractivity contribution < 1.29 is 14.3 Å². The molecule has 2 aromatic rings. The highest BCUT2D eigenvalue weighted by Gasteiger charge is 2.10. The summed E-state index contributed by atoms with van der Waals surface area (Å²) >= 11 is 6.18. The van der Waals surface area contributed by atoms with Gasteiger partial charge in [-0.25, -0.2) is 0 Å². The van der Waals surface area contributed by atoms with Crippen molar-refractivity contribution in [2.24, 2.45) is 0 Å². The van der Waals surface area contributed by atoms with Crippen molar-refractivity contribution in [3.63, 3.8) is 0 Å².